The highest BCUT2D eigenvalue weighted by Gasteiger charge is 2.09. The zero-order valence-electron chi connectivity index (χ0n) is 11.0. The van der Waals surface area contributed by atoms with Gasteiger partial charge in [-0.15, -0.1) is 0 Å². The van der Waals surface area contributed by atoms with Gasteiger partial charge in [0.25, 0.3) is 0 Å². The Bertz CT molecular complexity index is 386. The molecule has 4 heteroatoms. The molecule has 0 aliphatic carbocycles. The monoisotopic (exact) mass is 264 g/mol. The topological polar surface area (TPSA) is 19.6 Å². The van der Waals surface area contributed by atoms with E-state index in [2.05, 4.69) is 40.7 Å². The molecule has 98 valence electrons. The third kappa shape index (κ3) is 4.29. The van der Waals surface area contributed by atoms with Gasteiger partial charge in [0.15, 0.2) is 0 Å². The van der Waals surface area contributed by atoms with Crippen LogP contribution in [-0.2, 0) is 13.1 Å². The molecule has 0 radical (unpaired) electrons. The number of hydrogen-bond donors (Lipinski definition) is 0. The summed E-state index contributed by atoms with van der Waals surface area (Å²) in [4.78, 5) is 4.63. The zero-order valence-corrected chi connectivity index (χ0v) is 11.8. The Morgan fingerprint density at radius 1 is 1.17 bits per heavy atom. The second kappa shape index (κ2) is 6.73. The summed E-state index contributed by atoms with van der Waals surface area (Å²) < 4.78 is 5.44. The molecule has 0 aromatic carbocycles. The van der Waals surface area contributed by atoms with Crippen molar-refractivity contribution in [2.75, 3.05) is 27.2 Å². The van der Waals surface area contributed by atoms with Crippen molar-refractivity contribution in [3.05, 3.63) is 46.5 Å². The van der Waals surface area contributed by atoms with Crippen molar-refractivity contribution in [1.82, 2.24) is 9.80 Å². The fourth-order valence-electron chi connectivity index (χ4n) is 1.82. The first-order valence-electron chi connectivity index (χ1n) is 6.14. The number of thiophene rings is 1. The molecule has 0 fully saturated rings. The second-order valence-electron chi connectivity index (χ2n) is 4.72. The van der Waals surface area contributed by atoms with Gasteiger partial charge in [0.1, 0.15) is 5.76 Å². The predicted octanol–water partition coefficient (Wildman–Crippen LogP) is 2.90. The second-order valence-corrected chi connectivity index (χ2v) is 5.50. The van der Waals surface area contributed by atoms with Crippen LogP contribution in [0.1, 0.15) is 11.3 Å². The maximum Gasteiger partial charge on any atom is 0.117 e. The normalized spacial score (nSPS) is 11.6. The Balaban J connectivity index is 1.93. The van der Waals surface area contributed by atoms with Gasteiger partial charge in [0.2, 0.25) is 0 Å². The predicted molar refractivity (Wildman–Crippen MR) is 75.7 cm³/mol. The molecule has 2 rings (SSSR count). The maximum absolute atomic E-state index is 5.44. The molecule has 0 saturated carbocycles. The van der Waals surface area contributed by atoms with E-state index >= 15 is 0 Å². The first-order chi connectivity index (χ1) is 8.74. The molecular weight excluding hydrogens is 244 g/mol. The highest BCUT2D eigenvalue weighted by atomic mass is 32.1. The molecule has 0 spiro atoms. The summed E-state index contributed by atoms with van der Waals surface area (Å²) in [5.74, 6) is 1.03. The lowest BCUT2D eigenvalue weighted by Crippen LogP contribution is -2.30. The fourth-order valence-corrected chi connectivity index (χ4v) is 2.48. The van der Waals surface area contributed by atoms with Gasteiger partial charge in [-0.1, -0.05) is 0 Å². The minimum atomic E-state index is 0.872. The van der Waals surface area contributed by atoms with Crippen LogP contribution in [0.15, 0.2) is 39.6 Å². The standard InChI is InChI=1S/C14H20N2OS/c1-15(2)6-7-16(10-13-5-9-18-12-13)11-14-4-3-8-17-14/h3-5,8-9,12H,6-7,10-11H2,1-2H3. The summed E-state index contributed by atoms with van der Waals surface area (Å²) in [6, 6.07) is 6.18. The minimum absolute atomic E-state index is 0.872. The van der Waals surface area contributed by atoms with Crippen molar-refractivity contribution in [2.24, 2.45) is 0 Å². The van der Waals surface area contributed by atoms with Crippen LogP contribution in [0.2, 0.25) is 0 Å². The van der Waals surface area contributed by atoms with Crippen LogP contribution < -0.4 is 0 Å². The van der Waals surface area contributed by atoms with Gasteiger partial charge in [-0.25, -0.2) is 0 Å². The summed E-state index contributed by atoms with van der Waals surface area (Å²) in [6.45, 7) is 3.96. The van der Waals surface area contributed by atoms with Crippen LogP contribution >= 0.6 is 11.3 Å². The Hall–Kier alpha value is -1.10. The van der Waals surface area contributed by atoms with Gasteiger partial charge in [-0.3, -0.25) is 4.90 Å². The molecule has 18 heavy (non-hydrogen) atoms. The molecule has 0 unspecified atom stereocenters. The SMILES string of the molecule is CN(C)CCN(Cc1ccsc1)Cc1ccco1. The number of nitrogens with zero attached hydrogens (tertiary/aromatic N) is 2. The first-order valence-corrected chi connectivity index (χ1v) is 7.09. The van der Waals surface area contributed by atoms with Gasteiger partial charge in [-0.05, 0) is 48.6 Å². The quantitative estimate of drug-likeness (QED) is 0.766. The summed E-state index contributed by atoms with van der Waals surface area (Å²) in [5, 5.41) is 4.34. The zero-order chi connectivity index (χ0) is 12.8. The lowest BCUT2D eigenvalue weighted by Gasteiger charge is -2.22. The van der Waals surface area contributed by atoms with Gasteiger partial charge in [0.05, 0.1) is 12.8 Å². The summed E-state index contributed by atoms with van der Waals surface area (Å²) in [5.41, 5.74) is 1.38. The van der Waals surface area contributed by atoms with Crippen LogP contribution in [0.4, 0.5) is 0 Å². The fraction of sp³-hybridized carbons (Fsp3) is 0.429. The largest absolute Gasteiger partial charge is 0.468 e. The highest BCUT2D eigenvalue weighted by molar-refractivity contribution is 7.07. The molecule has 3 nitrogen and oxygen atoms in total. The van der Waals surface area contributed by atoms with E-state index < -0.39 is 0 Å². The Morgan fingerprint density at radius 2 is 2.06 bits per heavy atom. The molecule has 0 bridgehead atoms. The Morgan fingerprint density at radius 3 is 2.67 bits per heavy atom. The third-order valence-electron chi connectivity index (χ3n) is 2.81. The molecule has 0 saturated heterocycles. The molecule has 0 atom stereocenters. The van der Waals surface area contributed by atoms with Crippen molar-refractivity contribution in [3.8, 4) is 0 Å². The van der Waals surface area contributed by atoms with E-state index in [9.17, 15) is 0 Å². The van der Waals surface area contributed by atoms with E-state index in [0.29, 0.717) is 0 Å². The van der Waals surface area contributed by atoms with E-state index in [4.69, 9.17) is 4.42 Å². The van der Waals surface area contributed by atoms with Gasteiger partial charge in [0, 0.05) is 19.6 Å². The molecule has 2 aromatic rings. The van der Waals surface area contributed by atoms with Crippen LogP contribution in [-0.4, -0.2) is 37.0 Å². The maximum atomic E-state index is 5.44. The molecule has 0 N–H and O–H groups in total. The lowest BCUT2D eigenvalue weighted by atomic mass is 10.3. The van der Waals surface area contributed by atoms with Crippen molar-refractivity contribution in [3.63, 3.8) is 0 Å². The minimum Gasteiger partial charge on any atom is -0.468 e. The third-order valence-corrected chi connectivity index (χ3v) is 3.54. The smallest absolute Gasteiger partial charge is 0.117 e. The molecule has 2 aromatic heterocycles. The van der Waals surface area contributed by atoms with Gasteiger partial charge >= 0.3 is 0 Å². The van der Waals surface area contributed by atoms with Gasteiger partial charge < -0.3 is 9.32 Å². The van der Waals surface area contributed by atoms with Crippen molar-refractivity contribution < 1.29 is 4.42 Å². The first kappa shape index (κ1) is 13.3. The number of hydrogen-bond acceptors (Lipinski definition) is 4. The van der Waals surface area contributed by atoms with Crippen molar-refractivity contribution in [1.29, 1.82) is 0 Å². The lowest BCUT2D eigenvalue weighted by molar-refractivity contribution is 0.211. The van der Waals surface area contributed by atoms with Crippen LogP contribution in [0.5, 0.6) is 0 Å². The average molecular weight is 264 g/mol. The molecule has 0 aliphatic rings. The van der Waals surface area contributed by atoms with E-state index in [0.717, 1.165) is 31.9 Å². The average Bonchev–Trinajstić information content (AvgIpc) is 2.98. The van der Waals surface area contributed by atoms with Crippen LogP contribution in [0.3, 0.4) is 0 Å². The highest BCUT2D eigenvalue weighted by Crippen LogP contribution is 2.12. The molecule has 0 aliphatic heterocycles. The molecular formula is C14H20N2OS. The van der Waals surface area contributed by atoms with E-state index in [1.54, 1.807) is 17.6 Å². The molecule has 2 heterocycles. The Kier molecular flexibility index (Phi) is 4.99. The van der Waals surface area contributed by atoms with Crippen LogP contribution in [0, 0.1) is 0 Å². The number of furan rings is 1. The Labute approximate surface area is 113 Å². The van der Waals surface area contributed by atoms with E-state index in [-0.39, 0.29) is 0 Å². The van der Waals surface area contributed by atoms with Crippen LogP contribution in [0.25, 0.3) is 0 Å². The number of rotatable bonds is 7. The van der Waals surface area contributed by atoms with E-state index in [1.807, 2.05) is 12.1 Å². The van der Waals surface area contributed by atoms with Crippen molar-refractivity contribution >= 4 is 11.3 Å². The summed E-state index contributed by atoms with van der Waals surface area (Å²) in [6.07, 6.45) is 1.74. The van der Waals surface area contributed by atoms with E-state index in [1.165, 1.54) is 5.56 Å². The summed E-state index contributed by atoms with van der Waals surface area (Å²) >= 11 is 1.75. The van der Waals surface area contributed by atoms with Gasteiger partial charge in [-0.2, -0.15) is 11.3 Å². The van der Waals surface area contributed by atoms with Crippen molar-refractivity contribution in [2.45, 2.75) is 13.1 Å². The summed E-state index contributed by atoms with van der Waals surface area (Å²) in [7, 11) is 4.21. The molecule has 0 amide bonds. The number of likely N-dealkylation sites (N-methyl/N-ethyl adjacent to an activating group) is 1.